The molecule has 0 bridgehead atoms. The zero-order valence-corrected chi connectivity index (χ0v) is 12.9. The molecule has 1 fully saturated rings. The Hall–Kier alpha value is -1.61. The quantitative estimate of drug-likeness (QED) is 0.845. The van der Waals surface area contributed by atoms with Gasteiger partial charge in [-0.05, 0) is 19.9 Å². The summed E-state index contributed by atoms with van der Waals surface area (Å²) in [6.45, 7) is -0.0801. The predicted molar refractivity (Wildman–Crippen MR) is 76.5 cm³/mol. The third kappa shape index (κ3) is 4.93. The van der Waals surface area contributed by atoms with E-state index in [9.17, 15) is 23.1 Å². The Balaban J connectivity index is 1.93. The molecule has 1 aromatic rings. The molecular formula is C14H21F3N4O2. The molecule has 6 nitrogen and oxygen atoms in total. The van der Waals surface area contributed by atoms with Gasteiger partial charge in [-0.25, -0.2) is 4.98 Å². The molecule has 1 amide bonds. The van der Waals surface area contributed by atoms with Gasteiger partial charge in [-0.1, -0.05) is 0 Å². The number of carbonyl (C=O) groups excluding carboxylic acids is 1. The number of hydrogen-bond donors (Lipinski definition) is 2. The van der Waals surface area contributed by atoms with Gasteiger partial charge in [0.15, 0.2) is 0 Å². The van der Waals surface area contributed by atoms with Gasteiger partial charge in [-0.15, -0.1) is 0 Å². The zero-order chi connectivity index (χ0) is 17.0. The number of piperidine rings is 1. The Bertz CT molecular complexity index is 524. The summed E-state index contributed by atoms with van der Waals surface area (Å²) < 4.78 is 38.2. The number of amides is 1. The van der Waals surface area contributed by atoms with Crippen LogP contribution in [0.15, 0.2) is 12.4 Å². The number of hydrogen-bond acceptors (Lipinski definition) is 4. The van der Waals surface area contributed by atoms with Gasteiger partial charge >= 0.3 is 6.18 Å². The predicted octanol–water partition coefficient (Wildman–Crippen LogP) is 1.08. The van der Waals surface area contributed by atoms with E-state index in [-0.39, 0.29) is 18.2 Å². The van der Waals surface area contributed by atoms with Crippen molar-refractivity contribution >= 4 is 5.91 Å². The van der Waals surface area contributed by atoms with Crippen LogP contribution >= 0.6 is 0 Å². The number of halogens is 3. The number of nitrogens with one attached hydrogen (secondary N) is 1. The summed E-state index contributed by atoms with van der Waals surface area (Å²) in [5.41, 5.74) is 0. The van der Waals surface area contributed by atoms with Crippen LogP contribution in [0.2, 0.25) is 0 Å². The first-order valence-electron chi connectivity index (χ1n) is 7.51. The molecule has 23 heavy (non-hydrogen) atoms. The summed E-state index contributed by atoms with van der Waals surface area (Å²) in [7, 11) is 1.87. The van der Waals surface area contributed by atoms with Crippen LogP contribution in [-0.4, -0.2) is 57.8 Å². The summed E-state index contributed by atoms with van der Waals surface area (Å²) in [5, 5.41) is 13.2. The van der Waals surface area contributed by atoms with E-state index in [1.54, 1.807) is 4.90 Å². The molecule has 1 aliphatic rings. The van der Waals surface area contributed by atoms with Crippen LogP contribution in [0.4, 0.5) is 13.2 Å². The minimum Gasteiger partial charge on any atom is -0.385 e. The highest BCUT2D eigenvalue weighted by atomic mass is 19.4. The molecule has 2 heterocycles. The van der Waals surface area contributed by atoms with Gasteiger partial charge in [-0.3, -0.25) is 4.79 Å². The highest BCUT2D eigenvalue weighted by molar-refractivity contribution is 5.76. The molecule has 2 N–H and O–H groups in total. The van der Waals surface area contributed by atoms with Crippen molar-refractivity contribution < 1.29 is 23.1 Å². The number of carbonyl (C=O) groups is 1. The van der Waals surface area contributed by atoms with Gasteiger partial charge in [0.05, 0.1) is 6.42 Å². The lowest BCUT2D eigenvalue weighted by molar-refractivity contribution is -0.141. The third-order valence-corrected chi connectivity index (χ3v) is 4.02. The SMILES string of the molecule is CNC1CCN(C(=O)CC(O)c2nccn2CC(F)(F)F)CC1. The Morgan fingerprint density at radius 3 is 2.70 bits per heavy atom. The Kier molecular flexibility index (Phi) is 5.64. The van der Waals surface area contributed by atoms with Crippen molar-refractivity contribution in [3.8, 4) is 0 Å². The van der Waals surface area contributed by atoms with Crippen molar-refractivity contribution in [3.05, 3.63) is 18.2 Å². The fraction of sp³-hybridized carbons (Fsp3) is 0.714. The number of alkyl halides is 3. The lowest BCUT2D eigenvalue weighted by atomic mass is 10.0. The maximum Gasteiger partial charge on any atom is 0.406 e. The van der Waals surface area contributed by atoms with E-state index in [0.29, 0.717) is 19.1 Å². The standard InChI is InChI=1S/C14H21F3N4O2/c1-18-10-2-5-20(6-3-10)12(23)8-11(22)13-19-4-7-21(13)9-14(15,16)17/h4,7,10-11,18,22H,2-3,5-6,8-9H2,1H3. The maximum atomic E-state index is 12.5. The second-order valence-electron chi connectivity index (χ2n) is 5.69. The molecule has 1 unspecified atom stereocenters. The van der Waals surface area contributed by atoms with Crippen LogP contribution < -0.4 is 5.32 Å². The summed E-state index contributed by atoms with van der Waals surface area (Å²) in [6, 6.07) is 0.370. The monoisotopic (exact) mass is 334 g/mol. The molecule has 2 rings (SSSR count). The second kappa shape index (κ2) is 7.31. The second-order valence-corrected chi connectivity index (χ2v) is 5.69. The number of likely N-dealkylation sites (tertiary alicyclic amines) is 1. The Morgan fingerprint density at radius 1 is 1.48 bits per heavy atom. The van der Waals surface area contributed by atoms with Crippen LogP contribution in [0, 0.1) is 0 Å². The van der Waals surface area contributed by atoms with E-state index >= 15 is 0 Å². The zero-order valence-electron chi connectivity index (χ0n) is 12.9. The fourth-order valence-electron chi connectivity index (χ4n) is 2.75. The first-order valence-corrected chi connectivity index (χ1v) is 7.51. The molecule has 0 spiro atoms. The van der Waals surface area contributed by atoms with Crippen molar-refractivity contribution in [3.63, 3.8) is 0 Å². The van der Waals surface area contributed by atoms with Crippen molar-refractivity contribution in [1.82, 2.24) is 19.8 Å². The number of aliphatic hydroxyl groups is 1. The number of aliphatic hydroxyl groups excluding tert-OH is 1. The van der Waals surface area contributed by atoms with Crippen molar-refractivity contribution in [2.75, 3.05) is 20.1 Å². The van der Waals surface area contributed by atoms with E-state index in [1.165, 1.54) is 6.20 Å². The minimum atomic E-state index is -4.41. The number of imidazole rings is 1. The average Bonchev–Trinajstić information content (AvgIpc) is 2.93. The number of rotatable bonds is 5. The smallest absolute Gasteiger partial charge is 0.385 e. The van der Waals surface area contributed by atoms with Gasteiger partial charge in [0, 0.05) is 31.5 Å². The highest BCUT2D eigenvalue weighted by Gasteiger charge is 2.31. The lowest BCUT2D eigenvalue weighted by Crippen LogP contribution is -2.44. The average molecular weight is 334 g/mol. The van der Waals surface area contributed by atoms with Crippen molar-refractivity contribution in [2.24, 2.45) is 0 Å². The van der Waals surface area contributed by atoms with Crippen LogP contribution in [0.5, 0.6) is 0 Å². The summed E-state index contributed by atoms with van der Waals surface area (Å²) in [6.07, 6.45) is -2.04. The van der Waals surface area contributed by atoms with Gasteiger partial charge in [0.25, 0.3) is 0 Å². The first-order chi connectivity index (χ1) is 10.8. The molecule has 1 aliphatic heterocycles. The van der Waals surface area contributed by atoms with E-state index in [2.05, 4.69) is 10.3 Å². The summed E-state index contributed by atoms with van der Waals surface area (Å²) >= 11 is 0. The van der Waals surface area contributed by atoms with Gasteiger partial charge < -0.3 is 19.9 Å². The first kappa shape index (κ1) is 17.7. The van der Waals surface area contributed by atoms with Crippen molar-refractivity contribution in [2.45, 2.75) is 44.1 Å². The molecule has 0 aromatic carbocycles. The molecule has 130 valence electrons. The molecule has 0 aliphatic carbocycles. The van der Waals surface area contributed by atoms with Gasteiger partial charge in [0.1, 0.15) is 18.5 Å². The maximum absolute atomic E-state index is 12.5. The molecular weight excluding hydrogens is 313 g/mol. The molecule has 0 radical (unpaired) electrons. The van der Waals surface area contributed by atoms with Crippen LogP contribution in [0.25, 0.3) is 0 Å². The molecule has 1 aromatic heterocycles. The minimum absolute atomic E-state index is 0.138. The normalized spacial score (nSPS) is 18.2. The van der Waals surface area contributed by atoms with Gasteiger partial charge in [-0.2, -0.15) is 13.2 Å². The molecule has 9 heteroatoms. The van der Waals surface area contributed by atoms with E-state index < -0.39 is 18.8 Å². The lowest BCUT2D eigenvalue weighted by Gasteiger charge is -2.32. The Morgan fingerprint density at radius 2 is 2.13 bits per heavy atom. The van der Waals surface area contributed by atoms with E-state index in [0.717, 1.165) is 23.6 Å². The molecule has 1 atom stereocenters. The summed E-state index contributed by atoms with van der Waals surface area (Å²) in [4.78, 5) is 17.6. The molecule has 1 saturated heterocycles. The number of aromatic nitrogens is 2. The highest BCUT2D eigenvalue weighted by Crippen LogP contribution is 2.23. The van der Waals surface area contributed by atoms with Crippen LogP contribution in [-0.2, 0) is 11.3 Å². The van der Waals surface area contributed by atoms with Crippen LogP contribution in [0.3, 0.4) is 0 Å². The van der Waals surface area contributed by atoms with Gasteiger partial charge in [0.2, 0.25) is 5.91 Å². The fourth-order valence-corrected chi connectivity index (χ4v) is 2.75. The summed E-state index contributed by atoms with van der Waals surface area (Å²) in [5.74, 6) is -0.408. The Labute approximate surface area is 132 Å². The third-order valence-electron chi connectivity index (χ3n) is 4.02. The number of nitrogens with zero attached hydrogens (tertiary/aromatic N) is 3. The van der Waals surface area contributed by atoms with E-state index in [1.807, 2.05) is 7.05 Å². The molecule has 0 saturated carbocycles. The van der Waals surface area contributed by atoms with Crippen LogP contribution in [0.1, 0.15) is 31.2 Å². The largest absolute Gasteiger partial charge is 0.406 e. The van der Waals surface area contributed by atoms with Crippen molar-refractivity contribution in [1.29, 1.82) is 0 Å². The van der Waals surface area contributed by atoms with E-state index in [4.69, 9.17) is 0 Å². The topological polar surface area (TPSA) is 70.4 Å².